The van der Waals surface area contributed by atoms with Crippen LogP contribution in [-0.2, 0) is 14.3 Å². The number of hydrogen-bond acceptors (Lipinski definition) is 3. The van der Waals surface area contributed by atoms with Gasteiger partial charge < -0.3 is 9.47 Å². The van der Waals surface area contributed by atoms with Crippen molar-refractivity contribution in [2.75, 3.05) is 13.2 Å². The van der Waals surface area contributed by atoms with Crippen molar-refractivity contribution in [1.82, 2.24) is 0 Å². The summed E-state index contributed by atoms with van der Waals surface area (Å²) in [6.07, 6.45) is 0.123. The van der Waals surface area contributed by atoms with Gasteiger partial charge in [-0.1, -0.05) is 6.92 Å². The van der Waals surface area contributed by atoms with Gasteiger partial charge >= 0.3 is 0 Å². The fraction of sp³-hybridized carbons (Fsp3) is 0.875. The zero-order chi connectivity index (χ0) is 8.27. The second kappa shape index (κ2) is 3.83. The summed E-state index contributed by atoms with van der Waals surface area (Å²) in [6.45, 7) is 4.88. The van der Waals surface area contributed by atoms with Gasteiger partial charge in [-0.25, -0.2) is 0 Å². The Morgan fingerprint density at radius 3 is 3.00 bits per heavy atom. The molecule has 1 heterocycles. The summed E-state index contributed by atoms with van der Waals surface area (Å²) < 4.78 is 10.4. The first-order valence-corrected chi connectivity index (χ1v) is 4.00. The largest absolute Gasteiger partial charge is 0.352 e. The molecule has 0 aromatic carbocycles. The minimum absolute atomic E-state index is 0.0479. The van der Waals surface area contributed by atoms with Crippen LogP contribution in [0.5, 0.6) is 0 Å². The summed E-state index contributed by atoms with van der Waals surface area (Å²) in [4.78, 5) is 11.1. The van der Waals surface area contributed by atoms with Crippen LogP contribution in [0, 0.1) is 5.92 Å². The summed E-state index contributed by atoms with van der Waals surface area (Å²) in [5, 5.41) is 0. The SMILES string of the molecule is CCO[C@H]1CC(=O)[C@H](C)CO1. The number of carbonyl (C=O) groups is 1. The molecule has 0 aliphatic carbocycles. The Bertz CT molecular complexity index is 144. The minimum Gasteiger partial charge on any atom is -0.352 e. The second-order valence-electron chi connectivity index (χ2n) is 2.79. The fourth-order valence-electron chi connectivity index (χ4n) is 1.06. The Hall–Kier alpha value is -0.410. The number of hydrogen-bond donors (Lipinski definition) is 0. The molecule has 3 nitrogen and oxygen atoms in total. The van der Waals surface area contributed by atoms with Crippen LogP contribution in [0.15, 0.2) is 0 Å². The van der Waals surface area contributed by atoms with Crippen LogP contribution < -0.4 is 0 Å². The van der Waals surface area contributed by atoms with Gasteiger partial charge in [-0.2, -0.15) is 0 Å². The van der Waals surface area contributed by atoms with Crippen molar-refractivity contribution in [2.45, 2.75) is 26.6 Å². The van der Waals surface area contributed by atoms with E-state index in [9.17, 15) is 4.79 Å². The molecule has 0 spiro atoms. The lowest BCUT2D eigenvalue weighted by Gasteiger charge is -2.25. The number of ether oxygens (including phenoxy) is 2. The molecule has 0 aromatic heterocycles. The number of rotatable bonds is 2. The lowest BCUT2D eigenvalue weighted by Crippen LogP contribution is -2.33. The molecule has 64 valence electrons. The Kier molecular flexibility index (Phi) is 3.02. The predicted octanol–water partition coefficient (Wildman–Crippen LogP) is 0.975. The van der Waals surface area contributed by atoms with Crippen LogP contribution in [0.1, 0.15) is 20.3 Å². The van der Waals surface area contributed by atoms with Crippen molar-refractivity contribution < 1.29 is 14.3 Å². The molecule has 0 N–H and O–H groups in total. The summed E-state index contributed by atoms with van der Waals surface area (Å²) in [5.74, 6) is 0.293. The van der Waals surface area contributed by atoms with Gasteiger partial charge in [0, 0.05) is 12.5 Å². The van der Waals surface area contributed by atoms with E-state index in [-0.39, 0.29) is 18.0 Å². The van der Waals surface area contributed by atoms with Crippen LogP contribution in [0.2, 0.25) is 0 Å². The van der Waals surface area contributed by atoms with Crippen molar-refractivity contribution in [3.05, 3.63) is 0 Å². The molecule has 1 rings (SSSR count). The molecule has 0 aromatic rings. The van der Waals surface area contributed by atoms with Crippen LogP contribution in [0.3, 0.4) is 0 Å². The summed E-state index contributed by atoms with van der Waals surface area (Å²) in [6, 6.07) is 0. The molecule has 1 aliphatic heterocycles. The van der Waals surface area contributed by atoms with Crippen molar-refractivity contribution in [2.24, 2.45) is 5.92 Å². The van der Waals surface area contributed by atoms with Crippen molar-refractivity contribution in [3.63, 3.8) is 0 Å². The molecule has 1 aliphatic rings. The molecule has 3 heteroatoms. The molecule has 0 bridgehead atoms. The summed E-state index contributed by atoms with van der Waals surface area (Å²) >= 11 is 0. The average Bonchev–Trinajstić information content (AvgIpc) is 1.98. The molecule has 0 amide bonds. The molecule has 1 saturated heterocycles. The van der Waals surface area contributed by atoms with Crippen molar-refractivity contribution in [1.29, 1.82) is 0 Å². The van der Waals surface area contributed by atoms with E-state index in [1.807, 2.05) is 13.8 Å². The van der Waals surface area contributed by atoms with Crippen LogP contribution in [-0.4, -0.2) is 25.3 Å². The first kappa shape index (κ1) is 8.68. The predicted molar refractivity (Wildman–Crippen MR) is 40.2 cm³/mol. The highest BCUT2D eigenvalue weighted by Crippen LogP contribution is 2.15. The standard InChI is InChI=1S/C8H14O3/c1-3-10-8-4-7(9)6(2)5-11-8/h6,8H,3-5H2,1-2H3/t6-,8-/m1/s1. The first-order valence-electron chi connectivity index (χ1n) is 4.00. The van der Waals surface area contributed by atoms with Gasteiger partial charge in [0.15, 0.2) is 6.29 Å². The molecule has 0 radical (unpaired) electrons. The van der Waals surface area contributed by atoms with E-state index >= 15 is 0 Å². The van der Waals surface area contributed by atoms with Gasteiger partial charge in [0.1, 0.15) is 5.78 Å². The normalized spacial score (nSPS) is 32.4. The number of ketones is 1. The lowest BCUT2D eigenvalue weighted by molar-refractivity contribution is -0.178. The topological polar surface area (TPSA) is 35.5 Å². The number of Topliss-reactive ketones (excluding diaryl/α,β-unsaturated/α-hetero) is 1. The highest BCUT2D eigenvalue weighted by Gasteiger charge is 2.25. The van der Waals surface area contributed by atoms with Gasteiger partial charge in [0.25, 0.3) is 0 Å². The zero-order valence-corrected chi connectivity index (χ0v) is 7.00. The van der Waals surface area contributed by atoms with E-state index in [1.54, 1.807) is 0 Å². The lowest BCUT2D eigenvalue weighted by atomic mass is 10.0. The fourth-order valence-corrected chi connectivity index (χ4v) is 1.06. The first-order chi connectivity index (χ1) is 5.24. The third-order valence-corrected chi connectivity index (χ3v) is 1.80. The Labute approximate surface area is 66.7 Å². The van der Waals surface area contributed by atoms with Crippen LogP contribution in [0.4, 0.5) is 0 Å². The molecule has 1 fully saturated rings. The van der Waals surface area contributed by atoms with E-state index in [0.29, 0.717) is 19.6 Å². The van der Waals surface area contributed by atoms with Crippen molar-refractivity contribution >= 4 is 5.78 Å². The third-order valence-electron chi connectivity index (χ3n) is 1.80. The van der Waals surface area contributed by atoms with Gasteiger partial charge in [0.2, 0.25) is 0 Å². The smallest absolute Gasteiger partial charge is 0.164 e. The minimum atomic E-state index is -0.288. The van der Waals surface area contributed by atoms with E-state index in [1.165, 1.54) is 0 Å². The Morgan fingerprint density at radius 1 is 1.73 bits per heavy atom. The molecular weight excluding hydrogens is 144 g/mol. The van der Waals surface area contributed by atoms with E-state index in [0.717, 1.165) is 0 Å². The zero-order valence-electron chi connectivity index (χ0n) is 7.00. The van der Waals surface area contributed by atoms with Crippen LogP contribution >= 0.6 is 0 Å². The van der Waals surface area contributed by atoms with Gasteiger partial charge in [-0.3, -0.25) is 4.79 Å². The highest BCUT2D eigenvalue weighted by atomic mass is 16.7. The number of carbonyl (C=O) groups excluding carboxylic acids is 1. The van der Waals surface area contributed by atoms with E-state index in [2.05, 4.69) is 0 Å². The third kappa shape index (κ3) is 2.27. The molecular formula is C8H14O3. The van der Waals surface area contributed by atoms with Gasteiger partial charge in [0.05, 0.1) is 13.0 Å². The van der Waals surface area contributed by atoms with Gasteiger partial charge in [-0.05, 0) is 6.92 Å². The molecule has 11 heavy (non-hydrogen) atoms. The Balaban J connectivity index is 2.34. The van der Waals surface area contributed by atoms with Crippen molar-refractivity contribution in [3.8, 4) is 0 Å². The maximum absolute atomic E-state index is 11.1. The molecule has 0 saturated carbocycles. The quantitative estimate of drug-likeness (QED) is 0.600. The summed E-state index contributed by atoms with van der Waals surface area (Å²) in [5.41, 5.74) is 0. The maximum atomic E-state index is 11.1. The maximum Gasteiger partial charge on any atom is 0.164 e. The summed E-state index contributed by atoms with van der Waals surface area (Å²) in [7, 11) is 0. The molecule has 0 unspecified atom stereocenters. The Morgan fingerprint density at radius 2 is 2.45 bits per heavy atom. The van der Waals surface area contributed by atoms with Crippen LogP contribution in [0.25, 0.3) is 0 Å². The average molecular weight is 158 g/mol. The van der Waals surface area contributed by atoms with E-state index in [4.69, 9.17) is 9.47 Å². The second-order valence-corrected chi connectivity index (χ2v) is 2.79. The monoisotopic (exact) mass is 158 g/mol. The van der Waals surface area contributed by atoms with Gasteiger partial charge in [-0.15, -0.1) is 0 Å². The molecule has 2 atom stereocenters. The highest BCUT2D eigenvalue weighted by molar-refractivity contribution is 5.81. The van der Waals surface area contributed by atoms with E-state index < -0.39 is 0 Å².